The highest BCUT2D eigenvalue weighted by atomic mass is 32.2. The number of hydrogen-bond donors (Lipinski definition) is 0. The van der Waals surface area contributed by atoms with E-state index in [1.165, 1.54) is 0 Å². The summed E-state index contributed by atoms with van der Waals surface area (Å²) in [6.07, 6.45) is -19.8. The van der Waals surface area contributed by atoms with Gasteiger partial charge >= 0.3 is 93.0 Å². The van der Waals surface area contributed by atoms with Gasteiger partial charge in [0, 0.05) is 12.1 Å². The highest BCUT2D eigenvalue weighted by Gasteiger charge is 2.64. The fourth-order valence-electron chi connectivity index (χ4n) is 8.29. The Morgan fingerprint density at radius 2 is 0.699 bits per heavy atom. The maximum atomic E-state index is 12.7. The van der Waals surface area contributed by atoms with Crippen LogP contribution in [0.1, 0.15) is 68.9 Å². The van der Waals surface area contributed by atoms with Gasteiger partial charge in [0.1, 0.15) is 5.82 Å². The summed E-state index contributed by atoms with van der Waals surface area (Å²) in [5, 5.41) is -3.65. The third-order valence-corrected chi connectivity index (χ3v) is 19.7. The van der Waals surface area contributed by atoms with Crippen molar-refractivity contribution in [3.05, 3.63) is 87.7 Å². The molecule has 0 radical (unpaired) electrons. The summed E-state index contributed by atoms with van der Waals surface area (Å²) in [4.78, 5) is 9.50. The number of fused-ring (bicyclic) bond motifs is 2. The van der Waals surface area contributed by atoms with E-state index in [-0.39, 0.29) is 17.4 Å². The van der Waals surface area contributed by atoms with Gasteiger partial charge in [-0.25, -0.2) is 38.1 Å². The van der Waals surface area contributed by atoms with Crippen LogP contribution in [0.2, 0.25) is 0 Å². The Bertz CT molecular complexity index is 3280. The van der Waals surface area contributed by atoms with Gasteiger partial charge in [0.25, 0.3) is 45.0 Å². The summed E-state index contributed by atoms with van der Waals surface area (Å²) in [6.45, 7) is 0. The number of allylic oxidation sites excluding steroid dienone is 2. The van der Waals surface area contributed by atoms with E-state index >= 15 is 0 Å². The number of non-ortho nitro benzene ring substituents is 1. The van der Waals surface area contributed by atoms with Crippen molar-refractivity contribution in [1.29, 1.82) is 0 Å². The lowest BCUT2D eigenvalue weighted by atomic mass is 9.86. The second-order valence-electron chi connectivity index (χ2n) is 18.3. The molecule has 2 fully saturated rings. The van der Waals surface area contributed by atoms with Crippen molar-refractivity contribution in [2.45, 2.75) is 138 Å². The molecule has 93 heavy (non-hydrogen) atoms. The molecular formula is C41H40F25NO18S8. The van der Waals surface area contributed by atoms with Crippen LogP contribution in [0.15, 0.2) is 60.7 Å². The number of sulfone groups is 4. The number of hydrogen-bond acceptors (Lipinski definition) is 18. The molecule has 0 aliphatic heterocycles. The molecule has 540 valence electrons. The van der Waals surface area contributed by atoms with Crippen LogP contribution in [0.5, 0.6) is 0 Å². The zero-order valence-electron chi connectivity index (χ0n) is 44.7. The van der Waals surface area contributed by atoms with E-state index in [1.807, 2.05) is 6.08 Å². The van der Waals surface area contributed by atoms with Crippen LogP contribution in [0, 0.1) is 39.6 Å². The quantitative estimate of drug-likeness (QED) is 0.0778. The Balaban J connectivity index is -0.00000110. The van der Waals surface area contributed by atoms with Crippen LogP contribution < -0.4 is 0 Å². The van der Waals surface area contributed by atoms with E-state index in [4.69, 9.17) is 33.7 Å². The van der Waals surface area contributed by atoms with E-state index in [0.29, 0.717) is 38.5 Å². The summed E-state index contributed by atoms with van der Waals surface area (Å²) >= 11 is -3.00. The minimum absolute atomic E-state index is 0.0625. The first-order valence-electron chi connectivity index (χ1n) is 23.5. The molecule has 0 aromatic heterocycles. The van der Waals surface area contributed by atoms with Crippen LogP contribution in [0.4, 0.5) is 115 Å². The van der Waals surface area contributed by atoms with Crippen molar-refractivity contribution in [2.24, 2.45) is 23.7 Å². The van der Waals surface area contributed by atoms with Crippen molar-refractivity contribution in [3.63, 3.8) is 0 Å². The Labute approximate surface area is 520 Å². The van der Waals surface area contributed by atoms with Crippen LogP contribution in [-0.4, -0.2) is 140 Å². The molecule has 0 spiro atoms. The molecule has 0 saturated heterocycles. The predicted octanol–water partition coefficient (Wildman–Crippen LogP) is 10.8. The molecule has 5 rings (SSSR count). The number of nitrogens with zero attached hydrogens (tertiary/aromatic N) is 1. The van der Waals surface area contributed by atoms with Crippen LogP contribution in [-0.2, 0) is 98.5 Å². The molecule has 3 aliphatic carbocycles. The molecule has 2 saturated carbocycles. The average Bonchev–Trinajstić information content (AvgIpc) is 1.46. The molecule has 7 atom stereocenters. The number of nitro benzene ring substituents is 1. The molecule has 2 aromatic rings. The van der Waals surface area contributed by atoms with E-state index < -0.39 is 213 Å². The number of rotatable bonds is 13. The van der Waals surface area contributed by atoms with Gasteiger partial charge in [-0.05, 0) is 85.5 Å². The summed E-state index contributed by atoms with van der Waals surface area (Å²) in [5.41, 5.74) is -25.1. The lowest BCUT2D eigenvalue weighted by Gasteiger charge is -2.28. The van der Waals surface area contributed by atoms with Gasteiger partial charge in [0.05, 0.1) is 4.92 Å². The monoisotopic (exact) mass is 1560 g/mol. The SMILES string of the molecule is O=S(=O)(C(CC1CC2C=CC1C2)C(F)(F)F)C(F)(F)F.O=S(=O)(C(CC1CCCCC1)C(F)(F)F)C(F)(F)F.O=S(=O)(C(Cc1ccc(F)cc1)C(F)(F)F)C(F)(F)F.O=S=O.O=S=O.O=S=O.O=S=O.O=[N+]([O-])c1ccc(CC(C(F)(F)F)S(=O)(=O)C(F)(F)F)cc1. The predicted molar refractivity (Wildman–Crippen MR) is 267 cm³/mol. The summed E-state index contributed by atoms with van der Waals surface area (Å²) in [7, 11) is -25.4. The van der Waals surface area contributed by atoms with Gasteiger partial charge in [-0.15, -0.1) is 0 Å². The van der Waals surface area contributed by atoms with Crippen molar-refractivity contribution in [3.8, 4) is 0 Å². The molecule has 19 nitrogen and oxygen atoms in total. The number of halogens is 25. The highest BCUT2D eigenvalue weighted by Crippen LogP contribution is 2.49. The van der Waals surface area contributed by atoms with Crippen LogP contribution in [0.3, 0.4) is 0 Å². The fourth-order valence-corrected chi connectivity index (χ4v) is 12.8. The largest absolute Gasteiger partial charge is 0.498 e. The lowest BCUT2D eigenvalue weighted by molar-refractivity contribution is -0.384. The van der Waals surface area contributed by atoms with E-state index in [2.05, 4.69) is 0 Å². The molecule has 3 aliphatic rings. The number of nitro groups is 1. The summed E-state index contributed by atoms with van der Waals surface area (Å²) in [6, 6.07) is 6.10. The molecule has 2 aromatic carbocycles. The Morgan fingerprint density at radius 1 is 0.419 bits per heavy atom. The van der Waals surface area contributed by atoms with E-state index in [1.54, 1.807) is 6.08 Å². The van der Waals surface area contributed by atoms with Crippen LogP contribution in [0.25, 0.3) is 0 Å². The third kappa shape index (κ3) is 30.3. The average molecular weight is 1570 g/mol. The molecular weight excluding hydrogens is 1530 g/mol. The molecule has 0 N–H and O–H groups in total. The second-order valence-corrected chi connectivity index (χ2v) is 27.4. The van der Waals surface area contributed by atoms with Gasteiger partial charge in [0.2, 0.25) is 0 Å². The normalized spacial score (nSPS) is 18.4. The molecule has 7 unspecified atom stereocenters. The lowest BCUT2D eigenvalue weighted by Crippen LogP contribution is -2.45. The van der Waals surface area contributed by atoms with Crippen molar-refractivity contribution in [1.82, 2.24) is 0 Å². The zero-order valence-corrected chi connectivity index (χ0v) is 51.2. The minimum Gasteiger partial charge on any atom is -0.258 e. The first-order valence-corrected chi connectivity index (χ1v) is 32.3. The molecule has 0 amide bonds. The van der Waals surface area contributed by atoms with Gasteiger partial charge in [0.15, 0.2) is 21.0 Å². The number of alkyl halides is 24. The first kappa shape index (κ1) is 92.1. The van der Waals surface area contributed by atoms with Crippen molar-refractivity contribution in [2.75, 3.05) is 0 Å². The van der Waals surface area contributed by atoms with Crippen molar-refractivity contribution >= 4 is 91.3 Å². The second kappa shape index (κ2) is 37.4. The first-order chi connectivity index (χ1) is 41.7. The molecule has 2 bridgehead atoms. The van der Waals surface area contributed by atoms with E-state index in [0.717, 1.165) is 55.0 Å². The highest BCUT2D eigenvalue weighted by molar-refractivity contribution is 7.93. The minimum atomic E-state index is -6.48. The zero-order chi connectivity index (χ0) is 74.2. The third-order valence-electron chi connectivity index (χ3n) is 12.4. The Morgan fingerprint density at radius 3 is 0.946 bits per heavy atom. The Hall–Kier alpha value is -5.09. The maximum absolute atomic E-state index is 12.7. The number of benzene rings is 2. The van der Waals surface area contributed by atoms with Gasteiger partial charge in [-0.1, -0.05) is 68.5 Å². The van der Waals surface area contributed by atoms with E-state index in [9.17, 15) is 154 Å². The molecule has 0 heterocycles. The maximum Gasteiger partial charge on any atom is 0.498 e. The van der Waals surface area contributed by atoms with Gasteiger partial charge < -0.3 is 0 Å². The Kier molecular flexibility index (Phi) is 37.1. The van der Waals surface area contributed by atoms with Crippen molar-refractivity contribution < 1.29 is 182 Å². The summed E-state index contributed by atoms with van der Waals surface area (Å²) < 4.78 is 466. The molecule has 52 heteroatoms. The summed E-state index contributed by atoms with van der Waals surface area (Å²) in [5.74, 6) is -2.26. The topological polar surface area (TPSA) is 316 Å². The van der Waals surface area contributed by atoms with Gasteiger partial charge in [-0.2, -0.15) is 139 Å². The smallest absolute Gasteiger partial charge is 0.258 e. The van der Waals surface area contributed by atoms with Gasteiger partial charge in [-0.3, -0.25) is 10.1 Å². The van der Waals surface area contributed by atoms with Crippen LogP contribution >= 0.6 is 0 Å². The standard InChI is InChI=1S/C11H12F6O2S.C10H7F7O2S.C10H7F6NO4S.C10H14F6O2S.4O2S/c12-10(13,14)9(20(18,19)11(15,16)17)5-8-4-6-1-2-7(8)3-6;11-7-3-1-6(2-4-7)5-8(9(12,13)14)20(18,19)10(15,16)17;11-9(12,13)8(22(20,21)10(14,15)16)5-6-1-3-7(4-2-6)17(18)19;11-9(12,13)8(19(17,18)10(14,15)16)6-7-4-2-1-3-5-7;4*1-3-2/h1-2,6-9H,3-5H2;1-4,8H,5H2;1-4,8H,5H2;7-8H,1-6H2;;;;. The fraction of sp³-hybridized carbons (Fsp3) is 0.659.